The van der Waals surface area contributed by atoms with Gasteiger partial charge in [-0.05, 0) is 47.4 Å². The summed E-state index contributed by atoms with van der Waals surface area (Å²) in [4.78, 5) is 2.20. The first kappa shape index (κ1) is 15.7. The van der Waals surface area contributed by atoms with Crippen molar-refractivity contribution >= 4 is 15.8 Å². The van der Waals surface area contributed by atoms with Gasteiger partial charge in [-0.25, -0.2) is 13.1 Å². The molecule has 124 valence electrons. The third-order valence-corrected chi connectivity index (χ3v) is 5.96. The molecule has 1 saturated carbocycles. The zero-order chi connectivity index (χ0) is 15.9. The Labute approximate surface area is 132 Å². The molecular weight excluding hydrogens is 302 g/mol. The molecule has 2 heterocycles. The van der Waals surface area contributed by atoms with Crippen molar-refractivity contribution < 1.29 is 8.42 Å². The van der Waals surface area contributed by atoms with E-state index in [1.54, 1.807) is 0 Å². The molecule has 22 heavy (non-hydrogen) atoms. The van der Waals surface area contributed by atoms with Crippen LogP contribution in [0.3, 0.4) is 0 Å². The first-order chi connectivity index (χ1) is 10.3. The molecular formula is C14H25N5O2S. The van der Waals surface area contributed by atoms with Crippen LogP contribution in [-0.2, 0) is 9.84 Å². The Morgan fingerprint density at radius 1 is 1.27 bits per heavy atom. The summed E-state index contributed by atoms with van der Waals surface area (Å²) in [6.07, 6.45) is 4.25. The van der Waals surface area contributed by atoms with Gasteiger partial charge in [0.2, 0.25) is 5.95 Å². The van der Waals surface area contributed by atoms with Crippen molar-refractivity contribution in [1.82, 2.24) is 20.2 Å². The number of sulfone groups is 1. The van der Waals surface area contributed by atoms with Crippen LogP contribution in [0.15, 0.2) is 0 Å². The van der Waals surface area contributed by atoms with E-state index >= 15 is 0 Å². The van der Waals surface area contributed by atoms with Crippen LogP contribution in [0.1, 0.15) is 39.2 Å². The van der Waals surface area contributed by atoms with E-state index in [1.807, 2.05) is 4.68 Å². The normalized spacial score (nSPS) is 26.6. The minimum absolute atomic E-state index is 0.264. The molecule has 2 atom stereocenters. The third-order valence-electron chi connectivity index (χ3n) is 4.89. The van der Waals surface area contributed by atoms with Gasteiger partial charge in [-0.1, -0.05) is 18.9 Å². The van der Waals surface area contributed by atoms with Gasteiger partial charge in [0.05, 0.1) is 11.8 Å². The largest absolute Gasteiger partial charge is 0.340 e. The van der Waals surface area contributed by atoms with Crippen LogP contribution < -0.4 is 4.90 Å². The monoisotopic (exact) mass is 327 g/mol. The van der Waals surface area contributed by atoms with E-state index in [-0.39, 0.29) is 5.92 Å². The van der Waals surface area contributed by atoms with Gasteiger partial charge in [0.25, 0.3) is 0 Å². The van der Waals surface area contributed by atoms with Gasteiger partial charge < -0.3 is 4.90 Å². The van der Waals surface area contributed by atoms with Crippen molar-refractivity contribution in [2.75, 3.05) is 30.0 Å². The highest BCUT2D eigenvalue weighted by atomic mass is 32.2. The van der Waals surface area contributed by atoms with E-state index in [2.05, 4.69) is 34.3 Å². The van der Waals surface area contributed by atoms with E-state index in [0.29, 0.717) is 23.6 Å². The van der Waals surface area contributed by atoms with Crippen LogP contribution in [0.4, 0.5) is 5.95 Å². The SMILES string of the molecule is CC(C)[C@@H]1C[C@H]1n1nnnc1N1CCC(CS(C)(=O)=O)CC1. The quantitative estimate of drug-likeness (QED) is 0.807. The number of hydrogen-bond acceptors (Lipinski definition) is 6. The fourth-order valence-electron chi connectivity index (χ4n) is 3.54. The Hall–Kier alpha value is -1.18. The Morgan fingerprint density at radius 2 is 1.95 bits per heavy atom. The number of rotatable bonds is 5. The second-order valence-electron chi connectivity index (χ2n) is 7.16. The van der Waals surface area contributed by atoms with Crippen LogP contribution >= 0.6 is 0 Å². The molecule has 7 nitrogen and oxygen atoms in total. The Morgan fingerprint density at radius 3 is 2.50 bits per heavy atom. The highest BCUT2D eigenvalue weighted by molar-refractivity contribution is 7.90. The van der Waals surface area contributed by atoms with Gasteiger partial charge >= 0.3 is 0 Å². The van der Waals surface area contributed by atoms with Crippen molar-refractivity contribution in [3.8, 4) is 0 Å². The van der Waals surface area contributed by atoms with Crippen LogP contribution in [0.5, 0.6) is 0 Å². The average molecular weight is 327 g/mol. The highest BCUT2D eigenvalue weighted by Gasteiger charge is 2.43. The maximum absolute atomic E-state index is 11.4. The number of piperidine rings is 1. The Kier molecular flexibility index (Phi) is 4.13. The van der Waals surface area contributed by atoms with Gasteiger partial charge in [0.15, 0.2) is 0 Å². The number of aromatic nitrogens is 4. The molecule has 0 N–H and O–H groups in total. The molecule has 1 aromatic heterocycles. The lowest BCUT2D eigenvalue weighted by Gasteiger charge is -2.31. The van der Waals surface area contributed by atoms with E-state index in [0.717, 1.165) is 38.3 Å². The number of tetrazole rings is 1. The summed E-state index contributed by atoms with van der Waals surface area (Å²) in [6, 6.07) is 0.429. The molecule has 2 aliphatic rings. The fraction of sp³-hybridized carbons (Fsp3) is 0.929. The summed E-state index contributed by atoms with van der Waals surface area (Å²) in [5.74, 6) is 2.74. The van der Waals surface area contributed by atoms with E-state index < -0.39 is 9.84 Å². The topological polar surface area (TPSA) is 81.0 Å². The smallest absolute Gasteiger partial charge is 0.245 e. The maximum atomic E-state index is 11.4. The lowest BCUT2D eigenvalue weighted by atomic mass is 9.99. The van der Waals surface area contributed by atoms with Gasteiger partial charge in [-0.2, -0.15) is 0 Å². The summed E-state index contributed by atoms with van der Waals surface area (Å²) in [5, 5.41) is 12.2. The maximum Gasteiger partial charge on any atom is 0.245 e. The molecule has 0 radical (unpaired) electrons. The molecule has 0 aromatic carbocycles. The molecule has 1 aromatic rings. The summed E-state index contributed by atoms with van der Waals surface area (Å²) < 4.78 is 24.8. The number of anilines is 1. The predicted molar refractivity (Wildman–Crippen MR) is 84.4 cm³/mol. The van der Waals surface area contributed by atoms with Gasteiger partial charge in [0.1, 0.15) is 9.84 Å². The first-order valence-electron chi connectivity index (χ1n) is 8.05. The summed E-state index contributed by atoms with van der Waals surface area (Å²) >= 11 is 0. The standard InChI is InChI=1S/C14H25N5O2S/c1-10(2)12-8-13(12)19-14(15-16-17-19)18-6-4-11(5-7-18)9-22(3,20)21/h10-13H,4-9H2,1-3H3/t12-,13+/m0/s1. The molecule has 0 amide bonds. The zero-order valence-electron chi connectivity index (χ0n) is 13.5. The van der Waals surface area contributed by atoms with E-state index in [4.69, 9.17) is 0 Å². The fourth-order valence-corrected chi connectivity index (χ4v) is 4.73. The summed E-state index contributed by atoms with van der Waals surface area (Å²) in [7, 11) is -2.89. The lowest BCUT2D eigenvalue weighted by molar-refractivity contribution is 0.422. The van der Waals surface area contributed by atoms with Crippen molar-refractivity contribution in [2.24, 2.45) is 17.8 Å². The van der Waals surface area contributed by atoms with Crippen molar-refractivity contribution in [3.63, 3.8) is 0 Å². The van der Waals surface area contributed by atoms with Crippen LogP contribution in [-0.4, -0.2) is 53.7 Å². The molecule has 1 aliphatic heterocycles. The number of hydrogen-bond donors (Lipinski definition) is 0. The molecule has 8 heteroatoms. The van der Waals surface area contributed by atoms with Crippen molar-refractivity contribution in [1.29, 1.82) is 0 Å². The Balaban J connectivity index is 1.62. The minimum atomic E-state index is -2.89. The predicted octanol–water partition coefficient (Wildman–Crippen LogP) is 1.15. The van der Waals surface area contributed by atoms with Crippen LogP contribution in [0.25, 0.3) is 0 Å². The Bertz CT molecular complexity index is 619. The second-order valence-corrected chi connectivity index (χ2v) is 9.34. The molecule has 0 spiro atoms. The average Bonchev–Trinajstić information content (AvgIpc) is 3.08. The second kappa shape index (κ2) is 5.79. The molecule has 3 rings (SSSR count). The lowest BCUT2D eigenvalue weighted by Crippen LogP contribution is -2.37. The summed E-state index contributed by atoms with van der Waals surface area (Å²) in [5.41, 5.74) is 0. The van der Waals surface area contributed by atoms with E-state index in [1.165, 1.54) is 6.26 Å². The van der Waals surface area contributed by atoms with E-state index in [9.17, 15) is 8.42 Å². The third kappa shape index (κ3) is 3.42. The molecule has 1 saturated heterocycles. The van der Waals surface area contributed by atoms with Crippen molar-refractivity contribution in [3.05, 3.63) is 0 Å². The first-order valence-corrected chi connectivity index (χ1v) is 10.1. The molecule has 0 unspecified atom stereocenters. The minimum Gasteiger partial charge on any atom is -0.340 e. The van der Waals surface area contributed by atoms with Gasteiger partial charge in [0, 0.05) is 19.3 Å². The number of nitrogens with zero attached hydrogens (tertiary/aromatic N) is 5. The van der Waals surface area contributed by atoms with Crippen LogP contribution in [0.2, 0.25) is 0 Å². The highest BCUT2D eigenvalue weighted by Crippen LogP contribution is 2.49. The zero-order valence-corrected chi connectivity index (χ0v) is 14.3. The summed E-state index contributed by atoms with van der Waals surface area (Å²) in [6.45, 7) is 6.15. The molecule has 1 aliphatic carbocycles. The molecule has 2 fully saturated rings. The molecule has 0 bridgehead atoms. The van der Waals surface area contributed by atoms with Crippen LogP contribution in [0, 0.1) is 17.8 Å². The van der Waals surface area contributed by atoms with Gasteiger partial charge in [-0.15, -0.1) is 0 Å². The van der Waals surface area contributed by atoms with Gasteiger partial charge in [-0.3, -0.25) is 0 Å². The van der Waals surface area contributed by atoms with Crippen molar-refractivity contribution in [2.45, 2.75) is 39.2 Å².